The highest BCUT2D eigenvalue weighted by atomic mass is 35.5. The molecule has 4 rings (SSSR count). The monoisotopic (exact) mass is 551 g/mol. The molecule has 0 aliphatic carbocycles. The summed E-state index contributed by atoms with van der Waals surface area (Å²) in [4.78, 5) is 20.4. The van der Waals surface area contributed by atoms with Gasteiger partial charge in [0.15, 0.2) is 23.3 Å². The van der Waals surface area contributed by atoms with Gasteiger partial charge in [0.1, 0.15) is 6.07 Å². The van der Waals surface area contributed by atoms with E-state index in [0.29, 0.717) is 49.6 Å². The predicted molar refractivity (Wildman–Crippen MR) is 151 cm³/mol. The molecule has 1 amide bonds. The van der Waals surface area contributed by atoms with Crippen molar-refractivity contribution < 1.29 is 14.3 Å². The van der Waals surface area contributed by atoms with E-state index in [1.54, 1.807) is 41.3 Å². The SMILES string of the molecule is CCOc1cc(/C=C2\SC(=Nc3ccc(C)c(Cl)c3)N(c3ccc(C)c(Cl)c3)C2=O)ccc1OCC#N. The first-order valence-electron chi connectivity index (χ1n) is 11.4. The van der Waals surface area contributed by atoms with Gasteiger partial charge in [0.05, 0.1) is 22.9 Å². The van der Waals surface area contributed by atoms with Crippen LogP contribution in [0.5, 0.6) is 11.5 Å². The Balaban J connectivity index is 1.76. The average molecular weight is 552 g/mol. The number of ether oxygens (including phenoxy) is 2. The van der Waals surface area contributed by atoms with Crippen molar-refractivity contribution in [2.75, 3.05) is 18.1 Å². The summed E-state index contributed by atoms with van der Waals surface area (Å²) < 4.78 is 11.1. The molecule has 1 saturated heterocycles. The summed E-state index contributed by atoms with van der Waals surface area (Å²) in [6, 6.07) is 18.2. The predicted octanol–water partition coefficient (Wildman–Crippen LogP) is 7.72. The Bertz CT molecular complexity index is 1460. The Morgan fingerprint density at radius 2 is 1.73 bits per heavy atom. The van der Waals surface area contributed by atoms with Gasteiger partial charge in [0.2, 0.25) is 0 Å². The van der Waals surface area contributed by atoms with Crippen molar-refractivity contribution in [1.82, 2.24) is 0 Å². The minimum absolute atomic E-state index is 0.0915. The number of aryl methyl sites for hydroxylation is 2. The van der Waals surface area contributed by atoms with E-state index in [-0.39, 0.29) is 12.5 Å². The zero-order chi connectivity index (χ0) is 26.5. The molecule has 0 aromatic heterocycles. The van der Waals surface area contributed by atoms with Gasteiger partial charge in [0, 0.05) is 10.0 Å². The van der Waals surface area contributed by atoms with Gasteiger partial charge in [-0.3, -0.25) is 9.69 Å². The lowest BCUT2D eigenvalue weighted by Gasteiger charge is -2.16. The van der Waals surface area contributed by atoms with Crippen LogP contribution in [-0.4, -0.2) is 24.3 Å². The van der Waals surface area contributed by atoms with E-state index in [0.717, 1.165) is 16.7 Å². The first-order chi connectivity index (χ1) is 17.8. The highest BCUT2D eigenvalue weighted by Gasteiger charge is 2.35. The number of hydrogen-bond donors (Lipinski definition) is 0. The lowest BCUT2D eigenvalue weighted by Crippen LogP contribution is -2.28. The van der Waals surface area contributed by atoms with Crippen molar-refractivity contribution in [2.45, 2.75) is 20.8 Å². The second-order valence-electron chi connectivity index (χ2n) is 8.10. The lowest BCUT2D eigenvalue weighted by atomic mass is 10.1. The standard InChI is InChI=1S/C28H23Cl2N3O3S/c1-4-35-25-13-19(7-10-24(25)36-12-11-31)14-26-27(34)33(21-9-6-18(3)23(30)16-21)28(37-26)32-20-8-5-17(2)22(29)15-20/h5-10,13-16H,4,12H2,1-3H3/b26-14-,32-28?. The molecule has 37 heavy (non-hydrogen) atoms. The third-order valence-electron chi connectivity index (χ3n) is 5.46. The number of nitrogens with zero attached hydrogens (tertiary/aromatic N) is 3. The second kappa shape index (κ2) is 11.7. The maximum absolute atomic E-state index is 13.6. The lowest BCUT2D eigenvalue weighted by molar-refractivity contribution is -0.113. The number of benzene rings is 3. The quantitative estimate of drug-likeness (QED) is 0.281. The molecule has 0 N–H and O–H groups in total. The van der Waals surface area contributed by atoms with Crippen molar-refractivity contribution in [2.24, 2.45) is 4.99 Å². The minimum atomic E-state index is -0.232. The summed E-state index contributed by atoms with van der Waals surface area (Å²) in [6.45, 7) is 6.02. The second-order valence-corrected chi connectivity index (χ2v) is 9.92. The number of anilines is 1. The van der Waals surface area contributed by atoms with E-state index in [1.807, 2.05) is 51.1 Å². The molecule has 1 aliphatic heterocycles. The van der Waals surface area contributed by atoms with Crippen LogP contribution >= 0.6 is 35.0 Å². The van der Waals surface area contributed by atoms with Gasteiger partial charge in [-0.05, 0) is 91.7 Å². The number of amides is 1. The van der Waals surface area contributed by atoms with Crippen LogP contribution in [0, 0.1) is 25.2 Å². The number of halogens is 2. The Morgan fingerprint density at radius 1 is 1.00 bits per heavy atom. The summed E-state index contributed by atoms with van der Waals surface area (Å²) in [5.74, 6) is 0.725. The van der Waals surface area contributed by atoms with Crippen LogP contribution in [0.15, 0.2) is 64.5 Å². The third-order valence-corrected chi connectivity index (χ3v) is 7.24. The molecular formula is C28H23Cl2N3O3S. The molecule has 3 aromatic rings. The number of nitriles is 1. The highest BCUT2D eigenvalue weighted by molar-refractivity contribution is 8.19. The van der Waals surface area contributed by atoms with Crippen LogP contribution in [0.25, 0.3) is 6.08 Å². The first-order valence-corrected chi connectivity index (χ1v) is 13.0. The minimum Gasteiger partial charge on any atom is -0.490 e. The van der Waals surface area contributed by atoms with Crippen molar-refractivity contribution in [3.05, 3.63) is 86.2 Å². The van der Waals surface area contributed by atoms with Crippen molar-refractivity contribution in [3.8, 4) is 17.6 Å². The summed E-state index contributed by atoms with van der Waals surface area (Å²) in [6.07, 6.45) is 1.77. The molecule has 1 heterocycles. The van der Waals surface area contributed by atoms with Crippen LogP contribution in [0.2, 0.25) is 10.0 Å². The molecule has 3 aromatic carbocycles. The van der Waals surface area contributed by atoms with Gasteiger partial charge in [-0.2, -0.15) is 5.26 Å². The summed E-state index contributed by atoms with van der Waals surface area (Å²) in [5, 5.41) is 10.5. The number of aliphatic imine (C=N–C) groups is 1. The average Bonchev–Trinajstić information content (AvgIpc) is 3.17. The van der Waals surface area contributed by atoms with Crippen LogP contribution < -0.4 is 14.4 Å². The summed E-state index contributed by atoms with van der Waals surface area (Å²) in [7, 11) is 0. The third kappa shape index (κ3) is 6.11. The fourth-order valence-corrected chi connectivity index (χ4v) is 4.87. The van der Waals surface area contributed by atoms with Crippen molar-refractivity contribution in [1.29, 1.82) is 5.26 Å². The molecule has 188 valence electrons. The van der Waals surface area contributed by atoms with E-state index < -0.39 is 0 Å². The normalized spacial score (nSPS) is 15.4. The van der Waals surface area contributed by atoms with Gasteiger partial charge in [-0.15, -0.1) is 0 Å². The van der Waals surface area contributed by atoms with Crippen LogP contribution in [-0.2, 0) is 4.79 Å². The number of rotatable bonds is 7. The Labute approximate surface area is 230 Å². The largest absolute Gasteiger partial charge is 0.490 e. The van der Waals surface area contributed by atoms with Gasteiger partial charge < -0.3 is 9.47 Å². The first kappa shape index (κ1) is 26.6. The molecule has 0 spiro atoms. The van der Waals surface area contributed by atoms with Crippen molar-refractivity contribution in [3.63, 3.8) is 0 Å². The fraction of sp³-hybridized carbons (Fsp3) is 0.179. The number of thioether (sulfide) groups is 1. The molecule has 9 heteroatoms. The Morgan fingerprint density at radius 3 is 2.41 bits per heavy atom. The van der Waals surface area contributed by atoms with E-state index >= 15 is 0 Å². The van der Waals surface area contributed by atoms with Crippen LogP contribution in [0.4, 0.5) is 11.4 Å². The topological polar surface area (TPSA) is 74.9 Å². The maximum Gasteiger partial charge on any atom is 0.271 e. The van der Waals surface area contributed by atoms with Gasteiger partial charge in [-0.1, -0.05) is 41.4 Å². The zero-order valence-electron chi connectivity index (χ0n) is 20.4. The fourth-order valence-electron chi connectivity index (χ4n) is 3.52. The summed E-state index contributed by atoms with van der Waals surface area (Å²) in [5.41, 5.74) is 3.84. The molecule has 0 bridgehead atoms. The zero-order valence-corrected chi connectivity index (χ0v) is 22.7. The van der Waals surface area contributed by atoms with Gasteiger partial charge in [0.25, 0.3) is 5.91 Å². The highest BCUT2D eigenvalue weighted by Crippen LogP contribution is 2.39. The van der Waals surface area contributed by atoms with E-state index in [2.05, 4.69) is 0 Å². The summed E-state index contributed by atoms with van der Waals surface area (Å²) >= 11 is 14.0. The maximum atomic E-state index is 13.6. The molecule has 0 saturated carbocycles. The van der Waals surface area contributed by atoms with Gasteiger partial charge >= 0.3 is 0 Å². The van der Waals surface area contributed by atoms with E-state index in [1.165, 1.54) is 11.8 Å². The van der Waals surface area contributed by atoms with E-state index in [4.69, 9.17) is 42.9 Å². The van der Waals surface area contributed by atoms with Gasteiger partial charge in [-0.25, -0.2) is 4.99 Å². The Hall–Kier alpha value is -3.44. The number of carbonyl (C=O) groups excluding carboxylic acids is 1. The molecule has 1 fully saturated rings. The molecule has 6 nitrogen and oxygen atoms in total. The molecular weight excluding hydrogens is 529 g/mol. The molecule has 0 radical (unpaired) electrons. The molecule has 1 aliphatic rings. The van der Waals surface area contributed by atoms with Crippen LogP contribution in [0.3, 0.4) is 0 Å². The smallest absolute Gasteiger partial charge is 0.271 e. The number of hydrogen-bond acceptors (Lipinski definition) is 6. The number of amidine groups is 1. The van der Waals surface area contributed by atoms with Crippen LogP contribution in [0.1, 0.15) is 23.6 Å². The Kier molecular flexibility index (Phi) is 8.45. The van der Waals surface area contributed by atoms with Crippen molar-refractivity contribution >= 4 is 63.5 Å². The molecule has 0 unspecified atom stereocenters. The van der Waals surface area contributed by atoms with E-state index in [9.17, 15) is 4.79 Å². The molecule has 0 atom stereocenters. The number of carbonyl (C=O) groups is 1.